The summed E-state index contributed by atoms with van der Waals surface area (Å²) in [6.45, 7) is 0. The lowest BCUT2D eigenvalue weighted by Gasteiger charge is -2.12. The molecule has 0 bridgehead atoms. The molecule has 31 heavy (non-hydrogen) atoms. The van der Waals surface area contributed by atoms with Crippen molar-refractivity contribution >= 4 is 21.8 Å². The molecule has 0 radical (unpaired) electrons. The zero-order valence-corrected chi connectivity index (χ0v) is 17.8. The summed E-state index contributed by atoms with van der Waals surface area (Å²) in [6.07, 6.45) is -1.86. The Balaban J connectivity index is 1.95. The fraction of sp³-hybridized carbons (Fsp3) is 0.158. The summed E-state index contributed by atoms with van der Waals surface area (Å²) < 4.78 is 72.9. The van der Waals surface area contributed by atoms with Crippen LogP contribution in [0.1, 0.15) is 0 Å². The van der Waals surface area contributed by atoms with Gasteiger partial charge >= 0.3 is 6.36 Å². The molecular weight excluding hydrogens is 455 g/mol. The lowest BCUT2D eigenvalue weighted by atomic mass is 10.1. The maximum Gasteiger partial charge on any atom is 0.573 e. The van der Waals surface area contributed by atoms with Crippen molar-refractivity contribution in [3.63, 3.8) is 0 Å². The normalized spacial score (nSPS) is 11.9. The molecule has 0 amide bonds. The molecule has 0 aliphatic carbocycles. The summed E-state index contributed by atoms with van der Waals surface area (Å²) in [4.78, 5) is 9.11. The number of benzene rings is 2. The minimum Gasteiger partial charge on any atom is -0.495 e. The molecule has 0 atom stereocenters. The van der Waals surface area contributed by atoms with Crippen LogP contribution in [-0.4, -0.2) is 38.9 Å². The van der Waals surface area contributed by atoms with Crippen LogP contribution < -0.4 is 14.2 Å². The Morgan fingerprint density at radius 3 is 2.32 bits per heavy atom. The number of nitrogens with one attached hydrogen (secondary N) is 1. The van der Waals surface area contributed by atoms with Gasteiger partial charge in [-0.2, -0.15) is 0 Å². The predicted octanol–water partition coefficient (Wildman–Crippen LogP) is 4.11. The van der Waals surface area contributed by atoms with Crippen molar-refractivity contribution in [3.8, 4) is 22.8 Å². The van der Waals surface area contributed by atoms with Gasteiger partial charge in [0.25, 0.3) is 0 Å². The molecule has 164 valence electrons. The van der Waals surface area contributed by atoms with Crippen molar-refractivity contribution in [3.05, 3.63) is 54.9 Å². The first-order valence-corrected chi connectivity index (χ1v) is 10.9. The molecule has 2 aromatic carbocycles. The van der Waals surface area contributed by atoms with E-state index in [1.54, 1.807) is 6.07 Å². The first kappa shape index (κ1) is 22.8. The minimum absolute atomic E-state index is 0.0646. The van der Waals surface area contributed by atoms with E-state index in [1.165, 1.54) is 62.9 Å². The molecule has 0 saturated heterocycles. The quantitative estimate of drug-likeness (QED) is 0.555. The fourth-order valence-electron chi connectivity index (χ4n) is 2.56. The number of sulfonamides is 1. The summed E-state index contributed by atoms with van der Waals surface area (Å²) in [5.74, 6) is -0.176. The summed E-state index contributed by atoms with van der Waals surface area (Å²) in [7, 11) is -1.15. The number of halogens is 3. The number of nitrogens with zero attached hydrogens (tertiary/aromatic N) is 2. The van der Waals surface area contributed by atoms with Crippen molar-refractivity contribution in [2.45, 2.75) is 21.2 Å². The van der Waals surface area contributed by atoms with E-state index >= 15 is 0 Å². The molecule has 0 fully saturated rings. The van der Waals surface area contributed by atoms with Crippen molar-refractivity contribution in [2.75, 3.05) is 14.2 Å². The third-order valence-corrected chi connectivity index (χ3v) is 6.37. The smallest absolute Gasteiger partial charge is 0.495 e. The third-order valence-electron chi connectivity index (χ3n) is 3.93. The van der Waals surface area contributed by atoms with Crippen LogP contribution in [0.4, 0.5) is 13.2 Å². The van der Waals surface area contributed by atoms with Crippen molar-refractivity contribution in [1.29, 1.82) is 0 Å². The summed E-state index contributed by atoms with van der Waals surface area (Å²) in [6, 6.07) is 9.85. The minimum atomic E-state index is -4.77. The Morgan fingerprint density at radius 1 is 1.03 bits per heavy atom. The van der Waals surface area contributed by atoms with Gasteiger partial charge in [0.2, 0.25) is 10.0 Å². The molecule has 7 nitrogen and oxygen atoms in total. The Bertz CT molecular complexity index is 1170. The summed E-state index contributed by atoms with van der Waals surface area (Å²) in [5.41, 5.74) is 0.876. The van der Waals surface area contributed by atoms with E-state index in [2.05, 4.69) is 19.4 Å². The van der Waals surface area contributed by atoms with Gasteiger partial charge in [0.15, 0.2) is 0 Å². The maximum absolute atomic E-state index is 12.3. The molecule has 3 aromatic rings. The molecule has 3 rings (SSSR count). The number of rotatable bonds is 7. The summed E-state index contributed by atoms with van der Waals surface area (Å²) in [5, 5.41) is 0.435. The van der Waals surface area contributed by atoms with Gasteiger partial charge in [0, 0.05) is 22.9 Å². The number of aromatic nitrogens is 2. The van der Waals surface area contributed by atoms with Gasteiger partial charge in [-0.05, 0) is 49.5 Å². The monoisotopic (exact) mass is 471 g/mol. The second-order valence-corrected chi connectivity index (χ2v) is 8.82. The molecule has 0 aliphatic rings. The highest BCUT2D eigenvalue weighted by Crippen LogP contribution is 2.36. The molecule has 0 spiro atoms. The second-order valence-electron chi connectivity index (χ2n) is 5.90. The molecule has 1 heterocycles. The van der Waals surface area contributed by atoms with E-state index in [0.29, 0.717) is 21.2 Å². The van der Waals surface area contributed by atoms with Crippen LogP contribution in [0.2, 0.25) is 0 Å². The topological polar surface area (TPSA) is 90.4 Å². The number of ether oxygens (including phenoxy) is 2. The van der Waals surface area contributed by atoms with Crippen LogP contribution in [0, 0.1) is 0 Å². The van der Waals surface area contributed by atoms with Crippen LogP contribution in [0.25, 0.3) is 11.3 Å². The van der Waals surface area contributed by atoms with E-state index in [-0.39, 0.29) is 16.4 Å². The SMILES string of the molecule is CNS(=O)(=O)c1cc(-c2nccnc2Sc2ccc(OC(F)(F)F)cc2)ccc1OC. The fourth-order valence-corrected chi connectivity index (χ4v) is 4.36. The molecule has 0 saturated carbocycles. The van der Waals surface area contributed by atoms with Gasteiger partial charge in [-0.25, -0.2) is 18.1 Å². The van der Waals surface area contributed by atoms with E-state index in [0.717, 1.165) is 11.8 Å². The second kappa shape index (κ2) is 9.12. The lowest BCUT2D eigenvalue weighted by Crippen LogP contribution is -2.19. The molecular formula is C19H16F3N3O4S2. The van der Waals surface area contributed by atoms with Crippen LogP contribution in [0.5, 0.6) is 11.5 Å². The molecule has 1 N–H and O–H groups in total. The van der Waals surface area contributed by atoms with E-state index < -0.39 is 16.4 Å². The van der Waals surface area contributed by atoms with Crippen LogP contribution in [0.3, 0.4) is 0 Å². The molecule has 0 unspecified atom stereocenters. The largest absolute Gasteiger partial charge is 0.573 e. The van der Waals surface area contributed by atoms with E-state index in [9.17, 15) is 21.6 Å². The zero-order chi connectivity index (χ0) is 22.6. The van der Waals surface area contributed by atoms with E-state index in [1.807, 2.05) is 0 Å². The van der Waals surface area contributed by atoms with Gasteiger partial charge in [0.05, 0.1) is 7.11 Å². The average Bonchev–Trinajstić information content (AvgIpc) is 2.74. The highest BCUT2D eigenvalue weighted by Gasteiger charge is 2.31. The predicted molar refractivity (Wildman–Crippen MR) is 108 cm³/mol. The standard InChI is InChI=1S/C19H16F3N3O4S2/c1-23-31(26,27)16-11-12(3-8-15(16)28-2)17-18(25-10-9-24-17)30-14-6-4-13(5-7-14)29-19(20,21)22/h3-11,23H,1-2H3. The van der Waals surface area contributed by atoms with Crippen molar-refractivity contribution < 1.29 is 31.1 Å². The Hall–Kier alpha value is -2.83. The number of hydrogen-bond acceptors (Lipinski definition) is 7. The number of alkyl halides is 3. The lowest BCUT2D eigenvalue weighted by molar-refractivity contribution is -0.274. The number of hydrogen-bond donors (Lipinski definition) is 1. The molecule has 12 heteroatoms. The Kier molecular flexibility index (Phi) is 6.72. The molecule has 0 aliphatic heterocycles. The Labute approximate surface area is 180 Å². The van der Waals surface area contributed by atoms with Crippen molar-refractivity contribution in [2.24, 2.45) is 0 Å². The van der Waals surface area contributed by atoms with Gasteiger partial charge in [-0.15, -0.1) is 13.2 Å². The number of methoxy groups -OCH3 is 1. The van der Waals surface area contributed by atoms with Crippen LogP contribution in [-0.2, 0) is 10.0 Å². The average molecular weight is 471 g/mol. The van der Waals surface area contributed by atoms with E-state index in [4.69, 9.17) is 4.74 Å². The summed E-state index contributed by atoms with van der Waals surface area (Å²) >= 11 is 1.16. The first-order chi connectivity index (χ1) is 14.6. The maximum atomic E-state index is 12.3. The highest BCUT2D eigenvalue weighted by molar-refractivity contribution is 7.99. The Morgan fingerprint density at radius 2 is 1.71 bits per heavy atom. The zero-order valence-electron chi connectivity index (χ0n) is 16.2. The van der Waals surface area contributed by atoms with Gasteiger partial charge in [0.1, 0.15) is 27.1 Å². The first-order valence-electron chi connectivity index (χ1n) is 8.59. The molecule has 1 aromatic heterocycles. The van der Waals surface area contributed by atoms with Gasteiger partial charge in [-0.1, -0.05) is 11.8 Å². The highest BCUT2D eigenvalue weighted by atomic mass is 32.2. The van der Waals surface area contributed by atoms with Gasteiger partial charge in [-0.3, -0.25) is 4.98 Å². The van der Waals surface area contributed by atoms with Gasteiger partial charge < -0.3 is 9.47 Å². The third kappa shape index (κ3) is 5.66. The van der Waals surface area contributed by atoms with Crippen LogP contribution in [0.15, 0.2) is 69.7 Å². The van der Waals surface area contributed by atoms with Crippen molar-refractivity contribution in [1.82, 2.24) is 14.7 Å². The van der Waals surface area contributed by atoms with Crippen LogP contribution >= 0.6 is 11.8 Å².